The van der Waals surface area contributed by atoms with Crippen LogP contribution >= 0.6 is 11.3 Å². The average molecular weight is 435 g/mol. The smallest absolute Gasteiger partial charge is 0.263 e. The van der Waals surface area contributed by atoms with E-state index in [0.717, 1.165) is 10.2 Å². The summed E-state index contributed by atoms with van der Waals surface area (Å²) in [5, 5.41) is 0. The average Bonchev–Trinajstić information content (AvgIpc) is 3.01. The van der Waals surface area contributed by atoms with Gasteiger partial charge in [0, 0.05) is 13.7 Å². The quantitative estimate of drug-likeness (QED) is 0.543. The number of aromatic nitrogens is 1. The molecule has 0 aliphatic rings. The molecule has 0 atom stereocenters. The van der Waals surface area contributed by atoms with Crippen LogP contribution < -0.4 is 9.54 Å². The lowest BCUT2D eigenvalue weighted by molar-refractivity contribution is -0.115. The molecule has 2 aromatic carbocycles. The molecule has 0 saturated heterocycles. The third kappa shape index (κ3) is 5.53. The molecular formula is C20H22N2O5S2. The zero-order valence-electron chi connectivity index (χ0n) is 16.2. The molecule has 29 heavy (non-hydrogen) atoms. The summed E-state index contributed by atoms with van der Waals surface area (Å²) in [6.45, 7) is 0.928. The van der Waals surface area contributed by atoms with Crippen molar-refractivity contribution in [2.24, 2.45) is 4.99 Å². The van der Waals surface area contributed by atoms with Crippen molar-refractivity contribution in [3.8, 4) is 5.75 Å². The van der Waals surface area contributed by atoms with Gasteiger partial charge in [-0.3, -0.25) is 4.79 Å². The SMILES string of the molecule is COCCn1c(=NC(=O)CS(=O)(=O)Cc2ccccc2)sc2cc(OC)ccc21. The van der Waals surface area contributed by atoms with Gasteiger partial charge in [-0.25, -0.2) is 8.42 Å². The Bertz CT molecular complexity index is 1160. The summed E-state index contributed by atoms with van der Waals surface area (Å²) in [7, 11) is -0.440. The van der Waals surface area contributed by atoms with Crippen LogP contribution in [-0.4, -0.2) is 45.5 Å². The second-order valence-electron chi connectivity index (χ2n) is 6.39. The van der Waals surface area contributed by atoms with Crippen LogP contribution in [0.5, 0.6) is 5.75 Å². The second kappa shape index (κ2) is 9.34. The van der Waals surface area contributed by atoms with Crippen LogP contribution in [0.1, 0.15) is 5.56 Å². The van der Waals surface area contributed by atoms with Crippen LogP contribution in [0.2, 0.25) is 0 Å². The largest absolute Gasteiger partial charge is 0.497 e. The fraction of sp³-hybridized carbons (Fsp3) is 0.300. The topological polar surface area (TPSA) is 87.0 Å². The summed E-state index contributed by atoms with van der Waals surface area (Å²) in [6, 6.07) is 14.4. The maximum absolute atomic E-state index is 12.4. The molecule has 1 heterocycles. The van der Waals surface area contributed by atoms with Gasteiger partial charge in [-0.05, 0) is 23.8 Å². The number of carbonyl (C=O) groups excluding carboxylic acids is 1. The molecule has 0 fully saturated rings. The molecule has 3 rings (SSSR count). The van der Waals surface area contributed by atoms with Crippen molar-refractivity contribution < 1.29 is 22.7 Å². The summed E-state index contributed by atoms with van der Waals surface area (Å²) in [5.41, 5.74) is 1.52. The Labute approximate surface area is 173 Å². The lowest BCUT2D eigenvalue weighted by atomic mass is 10.2. The molecule has 0 bridgehead atoms. The van der Waals surface area contributed by atoms with Gasteiger partial charge >= 0.3 is 0 Å². The van der Waals surface area contributed by atoms with Gasteiger partial charge in [0.25, 0.3) is 5.91 Å². The van der Waals surface area contributed by atoms with Gasteiger partial charge in [-0.15, -0.1) is 0 Å². The minimum Gasteiger partial charge on any atom is -0.497 e. The normalized spacial score (nSPS) is 12.4. The Kier molecular flexibility index (Phi) is 6.83. The van der Waals surface area contributed by atoms with E-state index in [1.807, 2.05) is 28.8 Å². The molecular weight excluding hydrogens is 412 g/mol. The lowest BCUT2D eigenvalue weighted by Crippen LogP contribution is -2.22. The standard InChI is InChI=1S/C20H22N2O5S2/c1-26-11-10-22-17-9-8-16(27-2)12-18(17)28-20(22)21-19(23)14-29(24,25)13-15-6-4-3-5-7-15/h3-9,12H,10-11,13-14H2,1-2H3. The number of methoxy groups -OCH3 is 2. The molecule has 154 valence electrons. The highest BCUT2D eigenvalue weighted by Crippen LogP contribution is 2.23. The zero-order chi connectivity index (χ0) is 20.9. The number of benzene rings is 2. The monoisotopic (exact) mass is 434 g/mol. The van der Waals surface area contributed by atoms with Gasteiger partial charge in [-0.2, -0.15) is 4.99 Å². The van der Waals surface area contributed by atoms with E-state index in [2.05, 4.69) is 4.99 Å². The van der Waals surface area contributed by atoms with Gasteiger partial charge in [-0.1, -0.05) is 41.7 Å². The highest BCUT2D eigenvalue weighted by molar-refractivity contribution is 7.91. The van der Waals surface area contributed by atoms with Gasteiger partial charge < -0.3 is 14.0 Å². The Morgan fingerprint density at radius 1 is 1.14 bits per heavy atom. The maximum atomic E-state index is 12.4. The Morgan fingerprint density at radius 3 is 2.59 bits per heavy atom. The van der Waals surface area contributed by atoms with Gasteiger partial charge in [0.1, 0.15) is 11.5 Å². The maximum Gasteiger partial charge on any atom is 0.263 e. The number of ether oxygens (including phenoxy) is 2. The first-order chi connectivity index (χ1) is 13.9. The van der Waals surface area contributed by atoms with Crippen molar-refractivity contribution in [1.82, 2.24) is 4.57 Å². The summed E-state index contributed by atoms with van der Waals surface area (Å²) in [4.78, 5) is 17.0. The summed E-state index contributed by atoms with van der Waals surface area (Å²) in [6.07, 6.45) is 0. The predicted octanol–water partition coefficient (Wildman–Crippen LogP) is 2.40. The van der Waals surface area contributed by atoms with Crippen LogP contribution in [0.25, 0.3) is 10.2 Å². The zero-order valence-corrected chi connectivity index (χ0v) is 17.8. The molecule has 0 aliphatic carbocycles. The molecule has 0 aliphatic heterocycles. The van der Waals surface area contributed by atoms with Crippen LogP contribution in [0.3, 0.4) is 0 Å². The highest BCUT2D eigenvalue weighted by atomic mass is 32.2. The van der Waals surface area contributed by atoms with E-state index in [1.165, 1.54) is 11.3 Å². The number of carbonyl (C=O) groups is 1. The number of hydrogen-bond acceptors (Lipinski definition) is 6. The third-order valence-electron chi connectivity index (χ3n) is 4.20. The van der Waals surface area contributed by atoms with E-state index in [0.29, 0.717) is 29.3 Å². The van der Waals surface area contributed by atoms with Crippen molar-refractivity contribution in [1.29, 1.82) is 0 Å². The molecule has 0 spiro atoms. The molecule has 0 saturated carbocycles. The van der Waals surface area contributed by atoms with E-state index in [-0.39, 0.29) is 5.75 Å². The Morgan fingerprint density at radius 2 is 1.90 bits per heavy atom. The molecule has 0 N–H and O–H groups in total. The Balaban J connectivity index is 1.90. The molecule has 7 nitrogen and oxygen atoms in total. The molecule has 9 heteroatoms. The molecule has 0 unspecified atom stereocenters. The van der Waals surface area contributed by atoms with Crippen molar-refractivity contribution in [3.05, 3.63) is 58.9 Å². The lowest BCUT2D eigenvalue weighted by Gasteiger charge is -2.05. The fourth-order valence-electron chi connectivity index (χ4n) is 2.87. The third-order valence-corrected chi connectivity index (χ3v) is 6.70. The van der Waals surface area contributed by atoms with E-state index in [4.69, 9.17) is 9.47 Å². The first-order valence-electron chi connectivity index (χ1n) is 8.90. The van der Waals surface area contributed by atoms with E-state index in [9.17, 15) is 13.2 Å². The summed E-state index contributed by atoms with van der Waals surface area (Å²) < 4.78 is 37.9. The van der Waals surface area contributed by atoms with E-state index >= 15 is 0 Å². The van der Waals surface area contributed by atoms with Crippen molar-refractivity contribution in [2.45, 2.75) is 12.3 Å². The van der Waals surface area contributed by atoms with Crippen molar-refractivity contribution in [2.75, 3.05) is 26.6 Å². The predicted molar refractivity (Wildman–Crippen MR) is 113 cm³/mol. The number of thiazole rings is 1. The first-order valence-corrected chi connectivity index (χ1v) is 11.5. The van der Waals surface area contributed by atoms with Crippen molar-refractivity contribution >= 4 is 37.3 Å². The number of rotatable bonds is 8. The van der Waals surface area contributed by atoms with E-state index < -0.39 is 21.5 Å². The van der Waals surface area contributed by atoms with Crippen LogP contribution in [0.4, 0.5) is 0 Å². The number of fused-ring (bicyclic) bond motifs is 1. The van der Waals surface area contributed by atoms with Crippen LogP contribution in [0, 0.1) is 0 Å². The number of sulfone groups is 1. The van der Waals surface area contributed by atoms with Gasteiger partial charge in [0.2, 0.25) is 0 Å². The fourth-order valence-corrected chi connectivity index (χ4v) is 5.22. The number of hydrogen-bond donors (Lipinski definition) is 0. The highest BCUT2D eigenvalue weighted by Gasteiger charge is 2.18. The van der Waals surface area contributed by atoms with Gasteiger partial charge in [0.05, 0.1) is 29.7 Å². The second-order valence-corrected chi connectivity index (χ2v) is 9.46. The molecule has 0 radical (unpaired) electrons. The minimum absolute atomic E-state index is 0.192. The van der Waals surface area contributed by atoms with Crippen LogP contribution in [0.15, 0.2) is 53.5 Å². The van der Waals surface area contributed by atoms with Crippen LogP contribution in [-0.2, 0) is 31.7 Å². The summed E-state index contributed by atoms with van der Waals surface area (Å²) >= 11 is 1.31. The molecule has 1 amide bonds. The number of nitrogens with zero attached hydrogens (tertiary/aromatic N) is 2. The summed E-state index contributed by atoms with van der Waals surface area (Å²) in [5.74, 6) is -0.821. The molecule has 1 aromatic heterocycles. The van der Waals surface area contributed by atoms with E-state index in [1.54, 1.807) is 38.5 Å². The molecule has 3 aromatic rings. The minimum atomic E-state index is -3.62. The van der Waals surface area contributed by atoms with Crippen molar-refractivity contribution in [3.63, 3.8) is 0 Å². The Hall–Kier alpha value is -2.49. The number of amides is 1. The first kappa shape index (κ1) is 21.2. The van der Waals surface area contributed by atoms with Gasteiger partial charge in [0.15, 0.2) is 14.6 Å².